The maximum atomic E-state index is 13.5. The van der Waals surface area contributed by atoms with Gasteiger partial charge >= 0.3 is 5.97 Å². The Morgan fingerprint density at radius 1 is 1.20 bits per heavy atom. The van der Waals surface area contributed by atoms with Crippen LogP contribution in [0.3, 0.4) is 0 Å². The van der Waals surface area contributed by atoms with Crippen LogP contribution >= 0.6 is 11.3 Å². The van der Waals surface area contributed by atoms with Gasteiger partial charge in [-0.3, -0.25) is 4.79 Å². The van der Waals surface area contributed by atoms with Gasteiger partial charge < -0.3 is 19.4 Å². The minimum Gasteiger partial charge on any atom is -0.543 e. The van der Waals surface area contributed by atoms with Gasteiger partial charge in [0.25, 0.3) is 14.2 Å². The fourth-order valence-corrected chi connectivity index (χ4v) is 6.32. The van der Waals surface area contributed by atoms with E-state index in [2.05, 4.69) is 39.2 Å². The van der Waals surface area contributed by atoms with Crippen LogP contribution in [0, 0.1) is 0 Å². The van der Waals surface area contributed by atoms with Gasteiger partial charge in [0.2, 0.25) is 0 Å². The van der Waals surface area contributed by atoms with Crippen molar-refractivity contribution in [3.05, 3.63) is 50.7 Å². The zero-order valence-electron chi connectivity index (χ0n) is 22.2. The van der Waals surface area contributed by atoms with Crippen LogP contribution in [0.1, 0.15) is 78.3 Å². The first-order chi connectivity index (χ1) is 16.2. The molecule has 0 saturated heterocycles. The van der Waals surface area contributed by atoms with Crippen LogP contribution in [-0.2, 0) is 24.2 Å². The topological polar surface area (TPSA) is 67.9 Å². The molecule has 0 spiro atoms. The number of ether oxygens (including phenoxy) is 1. The predicted molar refractivity (Wildman–Crippen MR) is 143 cm³/mol. The van der Waals surface area contributed by atoms with E-state index in [1.807, 2.05) is 49.3 Å². The van der Waals surface area contributed by atoms with E-state index in [-0.39, 0.29) is 23.0 Å². The lowest BCUT2D eigenvalue weighted by molar-refractivity contribution is 0.00682. The molecular formula is C27H38N2O4SSi. The molecule has 1 unspecified atom stereocenters. The predicted octanol–water partition coefficient (Wildman–Crippen LogP) is 5.76. The van der Waals surface area contributed by atoms with Crippen LogP contribution in [0.5, 0.6) is 5.75 Å². The molecule has 0 radical (unpaired) electrons. The van der Waals surface area contributed by atoms with Crippen LogP contribution in [0.25, 0.3) is 0 Å². The summed E-state index contributed by atoms with van der Waals surface area (Å²) < 4.78 is 12.2. The van der Waals surface area contributed by atoms with Gasteiger partial charge in [0.05, 0.1) is 11.1 Å². The number of esters is 1. The molecule has 0 fully saturated rings. The normalized spacial score (nSPS) is 18.3. The van der Waals surface area contributed by atoms with E-state index in [9.17, 15) is 9.59 Å². The second-order valence-electron chi connectivity index (χ2n) is 12.2. The number of thiophene rings is 1. The summed E-state index contributed by atoms with van der Waals surface area (Å²) in [7, 11) is -2.07. The molecule has 3 heterocycles. The number of benzene rings is 1. The van der Waals surface area contributed by atoms with Gasteiger partial charge in [0.1, 0.15) is 11.4 Å². The van der Waals surface area contributed by atoms with E-state index >= 15 is 0 Å². The van der Waals surface area contributed by atoms with Gasteiger partial charge in [0.15, 0.2) is 0 Å². The van der Waals surface area contributed by atoms with E-state index < -0.39 is 13.9 Å². The first-order valence-corrected chi connectivity index (χ1v) is 16.1. The molecule has 1 atom stereocenters. The first-order valence-electron chi connectivity index (χ1n) is 12.3. The standard InChI is InChI=1S/C27H38N2O4SSi/c1-26(2,3)32-25(31)20-16-34-22-13-28-18(12-19(20)22)15-29-14-17-10-9-11-21(23(17)24(29)30)33-35(7,8)27(4,5)6/h9-11,16,18,28H,12-15H2,1-8H3. The molecule has 6 nitrogen and oxygen atoms in total. The number of carbonyl (C=O) groups excluding carboxylic acids is 2. The minimum absolute atomic E-state index is 0.0274. The molecular weight excluding hydrogens is 476 g/mol. The molecule has 4 rings (SSSR count). The van der Waals surface area contributed by atoms with Gasteiger partial charge in [-0.2, -0.15) is 0 Å². The summed E-state index contributed by atoms with van der Waals surface area (Å²) in [5.41, 5.74) is 2.91. The van der Waals surface area contributed by atoms with Gasteiger partial charge in [-0.1, -0.05) is 32.9 Å². The Morgan fingerprint density at radius 2 is 1.91 bits per heavy atom. The fraction of sp³-hybridized carbons (Fsp3) is 0.556. The number of nitrogens with zero attached hydrogens (tertiary/aromatic N) is 1. The summed E-state index contributed by atoms with van der Waals surface area (Å²) in [5, 5.41) is 5.52. The molecule has 0 saturated carbocycles. The van der Waals surface area contributed by atoms with E-state index in [1.54, 1.807) is 11.3 Å². The van der Waals surface area contributed by atoms with Gasteiger partial charge in [-0.15, -0.1) is 11.3 Å². The van der Waals surface area contributed by atoms with Crippen LogP contribution in [0.4, 0.5) is 0 Å². The Labute approximate surface area is 214 Å². The van der Waals surface area contributed by atoms with Gasteiger partial charge in [0, 0.05) is 35.9 Å². The Morgan fingerprint density at radius 3 is 2.57 bits per heavy atom. The third kappa shape index (κ3) is 5.34. The Balaban J connectivity index is 1.49. The second-order valence-corrected chi connectivity index (χ2v) is 17.9. The average Bonchev–Trinajstić information content (AvgIpc) is 3.27. The SMILES string of the molecule is CC(C)(C)OC(=O)c1csc2c1CC(CN1Cc3cccc(O[Si](C)(C)C(C)(C)C)c3C1=O)NC2. The third-order valence-electron chi connectivity index (χ3n) is 7.19. The quantitative estimate of drug-likeness (QED) is 0.406. The number of hydrogen-bond donors (Lipinski definition) is 1. The molecule has 2 aliphatic rings. The number of fused-ring (bicyclic) bond motifs is 2. The number of amides is 1. The van der Waals surface area contributed by atoms with Crippen molar-refractivity contribution in [2.75, 3.05) is 6.54 Å². The summed E-state index contributed by atoms with van der Waals surface area (Å²) >= 11 is 1.59. The summed E-state index contributed by atoms with van der Waals surface area (Å²) in [6.45, 7) is 18.5. The van der Waals surface area contributed by atoms with Crippen molar-refractivity contribution in [3.8, 4) is 5.75 Å². The monoisotopic (exact) mass is 514 g/mol. The Kier molecular flexibility index (Phi) is 6.70. The number of carbonyl (C=O) groups is 2. The van der Waals surface area contributed by atoms with Crippen molar-refractivity contribution in [3.63, 3.8) is 0 Å². The molecule has 2 aliphatic heterocycles. The Hall–Kier alpha value is -2.16. The molecule has 8 heteroatoms. The van der Waals surface area contributed by atoms with Gasteiger partial charge in [-0.25, -0.2) is 4.79 Å². The zero-order valence-corrected chi connectivity index (χ0v) is 24.0. The van der Waals surface area contributed by atoms with Crippen LogP contribution in [-0.4, -0.2) is 43.3 Å². The molecule has 1 aromatic heterocycles. The van der Waals surface area contributed by atoms with Crippen LogP contribution < -0.4 is 9.74 Å². The molecule has 35 heavy (non-hydrogen) atoms. The average molecular weight is 515 g/mol. The lowest BCUT2D eigenvalue weighted by Crippen LogP contribution is -2.45. The first kappa shape index (κ1) is 25.9. The molecule has 2 aromatic rings. The number of nitrogens with one attached hydrogen (secondary N) is 1. The third-order valence-corrected chi connectivity index (χ3v) is 12.6. The highest BCUT2D eigenvalue weighted by Crippen LogP contribution is 2.40. The van der Waals surface area contributed by atoms with Crippen LogP contribution in [0.2, 0.25) is 18.1 Å². The maximum absolute atomic E-state index is 13.5. The minimum atomic E-state index is -2.07. The molecule has 0 bridgehead atoms. The lowest BCUT2D eigenvalue weighted by Gasteiger charge is -2.36. The second kappa shape index (κ2) is 9.05. The highest BCUT2D eigenvalue weighted by Gasteiger charge is 2.41. The van der Waals surface area contributed by atoms with E-state index in [0.29, 0.717) is 42.9 Å². The molecule has 1 amide bonds. The van der Waals surface area contributed by atoms with Crippen molar-refractivity contribution in [2.24, 2.45) is 0 Å². The van der Waals surface area contributed by atoms with Crippen molar-refractivity contribution < 1.29 is 18.8 Å². The summed E-state index contributed by atoms with van der Waals surface area (Å²) in [6.07, 6.45) is 0.695. The highest BCUT2D eigenvalue weighted by molar-refractivity contribution is 7.10. The summed E-state index contributed by atoms with van der Waals surface area (Å²) in [4.78, 5) is 29.3. The van der Waals surface area contributed by atoms with Crippen molar-refractivity contribution >= 4 is 31.5 Å². The van der Waals surface area contributed by atoms with E-state index in [1.165, 1.54) is 4.88 Å². The molecule has 0 aliphatic carbocycles. The smallest absolute Gasteiger partial charge is 0.339 e. The molecule has 1 N–H and O–H groups in total. The van der Waals surface area contributed by atoms with Crippen molar-refractivity contribution in [2.45, 2.75) is 90.8 Å². The van der Waals surface area contributed by atoms with E-state index in [0.717, 1.165) is 11.1 Å². The lowest BCUT2D eigenvalue weighted by atomic mass is 9.98. The zero-order chi connectivity index (χ0) is 25.8. The van der Waals surface area contributed by atoms with Crippen LogP contribution in [0.15, 0.2) is 23.6 Å². The summed E-state index contributed by atoms with van der Waals surface area (Å²) in [6, 6.07) is 6.02. The fourth-order valence-electron chi connectivity index (χ4n) is 4.30. The number of rotatable bonds is 5. The molecule has 1 aromatic carbocycles. The highest BCUT2D eigenvalue weighted by atomic mass is 32.1. The number of hydrogen-bond acceptors (Lipinski definition) is 6. The van der Waals surface area contributed by atoms with E-state index in [4.69, 9.17) is 9.16 Å². The van der Waals surface area contributed by atoms with Crippen molar-refractivity contribution in [1.29, 1.82) is 0 Å². The van der Waals surface area contributed by atoms with Crippen molar-refractivity contribution in [1.82, 2.24) is 10.2 Å². The van der Waals surface area contributed by atoms with Gasteiger partial charge in [-0.05, 0) is 62.5 Å². The summed E-state index contributed by atoms with van der Waals surface area (Å²) in [5.74, 6) is 0.470. The molecule has 190 valence electrons. The largest absolute Gasteiger partial charge is 0.543 e. The Bertz CT molecular complexity index is 1140. The maximum Gasteiger partial charge on any atom is 0.339 e.